The van der Waals surface area contributed by atoms with Crippen LogP contribution < -0.4 is 5.43 Å². The summed E-state index contributed by atoms with van der Waals surface area (Å²) >= 11 is 1.66. The van der Waals surface area contributed by atoms with E-state index in [-0.39, 0.29) is 12.0 Å². The Labute approximate surface area is 144 Å². The number of hydrazone groups is 1. The lowest BCUT2D eigenvalue weighted by atomic mass is 10.0. The van der Waals surface area contributed by atoms with Crippen LogP contribution in [0.2, 0.25) is 0 Å². The van der Waals surface area contributed by atoms with Crippen molar-refractivity contribution in [1.29, 1.82) is 0 Å². The highest BCUT2D eigenvalue weighted by Crippen LogP contribution is 2.32. The molecule has 24 heavy (non-hydrogen) atoms. The maximum absolute atomic E-state index is 12.1. The molecule has 1 aliphatic carbocycles. The van der Waals surface area contributed by atoms with Crippen LogP contribution in [-0.4, -0.2) is 29.3 Å². The molecule has 1 aliphatic heterocycles. The summed E-state index contributed by atoms with van der Waals surface area (Å²) in [7, 11) is 0. The van der Waals surface area contributed by atoms with Gasteiger partial charge in [0, 0.05) is 12.2 Å². The minimum Gasteiger partial charge on any atom is -0.368 e. The van der Waals surface area contributed by atoms with E-state index in [0.717, 1.165) is 59.0 Å². The van der Waals surface area contributed by atoms with Crippen LogP contribution in [-0.2, 0) is 16.0 Å². The molecule has 0 spiro atoms. The van der Waals surface area contributed by atoms with Crippen LogP contribution in [0.25, 0.3) is 10.6 Å². The number of nitrogens with one attached hydrogen (secondary N) is 1. The van der Waals surface area contributed by atoms with Crippen molar-refractivity contribution >= 4 is 23.0 Å². The summed E-state index contributed by atoms with van der Waals surface area (Å²) in [5.41, 5.74) is 5.84. The molecular weight excluding hydrogens is 322 g/mol. The fourth-order valence-corrected chi connectivity index (χ4v) is 4.21. The van der Waals surface area contributed by atoms with Crippen molar-refractivity contribution in [2.45, 2.75) is 38.2 Å². The molecule has 1 N–H and O–H groups in total. The summed E-state index contributed by atoms with van der Waals surface area (Å²) in [5, 5.41) is 5.40. The lowest BCUT2D eigenvalue weighted by Crippen LogP contribution is -2.31. The van der Waals surface area contributed by atoms with Gasteiger partial charge in [-0.2, -0.15) is 5.10 Å². The van der Waals surface area contributed by atoms with Crippen molar-refractivity contribution < 1.29 is 9.53 Å². The van der Waals surface area contributed by atoms with Crippen LogP contribution >= 0.6 is 11.3 Å². The first-order valence-electron chi connectivity index (χ1n) is 8.35. The van der Waals surface area contributed by atoms with E-state index >= 15 is 0 Å². The van der Waals surface area contributed by atoms with Gasteiger partial charge in [-0.05, 0) is 32.1 Å². The fourth-order valence-electron chi connectivity index (χ4n) is 3.07. The van der Waals surface area contributed by atoms with Gasteiger partial charge in [0.2, 0.25) is 0 Å². The number of carbonyl (C=O) groups excluding carboxylic acids is 1. The number of carbonyl (C=O) groups is 1. The maximum Gasteiger partial charge on any atom is 0.269 e. The Morgan fingerprint density at radius 2 is 2.12 bits per heavy atom. The highest BCUT2D eigenvalue weighted by molar-refractivity contribution is 7.17. The molecule has 0 bridgehead atoms. The lowest BCUT2D eigenvalue weighted by Gasteiger charge is -2.13. The normalized spacial score (nSPS) is 21.7. The van der Waals surface area contributed by atoms with E-state index in [0.29, 0.717) is 6.61 Å². The molecule has 1 aromatic carbocycles. The number of hydrogen-bond donors (Lipinski definition) is 1. The summed E-state index contributed by atoms with van der Waals surface area (Å²) < 4.78 is 5.39. The Balaban J connectivity index is 1.56. The molecule has 1 saturated heterocycles. The van der Waals surface area contributed by atoms with Crippen LogP contribution in [0.5, 0.6) is 0 Å². The third kappa shape index (κ3) is 3.12. The minimum absolute atomic E-state index is 0.139. The number of aryl methyl sites for hydroxylation is 1. The molecule has 1 unspecified atom stereocenters. The van der Waals surface area contributed by atoms with E-state index in [1.54, 1.807) is 11.3 Å². The summed E-state index contributed by atoms with van der Waals surface area (Å²) in [6, 6.07) is 10.2. The second kappa shape index (κ2) is 6.83. The Morgan fingerprint density at radius 1 is 1.25 bits per heavy atom. The van der Waals surface area contributed by atoms with E-state index < -0.39 is 0 Å². The first-order valence-corrected chi connectivity index (χ1v) is 9.16. The van der Waals surface area contributed by atoms with E-state index in [1.165, 1.54) is 0 Å². The zero-order valence-electron chi connectivity index (χ0n) is 13.3. The first-order chi connectivity index (χ1) is 11.8. The van der Waals surface area contributed by atoms with Crippen molar-refractivity contribution in [3.63, 3.8) is 0 Å². The number of benzene rings is 1. The van der Waals surface area contributed by atoms with Crippen molar-refractivity contribution in [2.75, 3.05) is 6.61 Å². The molecule has 1 fully saturated rings. The fraction of sp³-hybridized carbons (Fsp3) is 0.389. The smallest absolute Gasteiger partial charge is 0.269 e. The summed E-state index contributed by atoms with van der Waals surface area (Å²) in [6.07, 6.45) is 4.22. The molecule has 6 heteroatoms. The lowest BCUT2D eigenvalue weighted by molar-refractivity contribution is -0.130. The number of thiazole rings is 1. The Morgan fingerprint density at radius 3 is 2.92 bits per heavy atom. The van der Waals surface area contributed by atoms with Gasteiger partial charge in [0.05, 0.1) is 16.3 Å². The van der Waals surface area contributed by atoms with Gasteiger partial charge in [0.25, 0.3) is 5.91 Å². The Hall–Kier alpha value is -2.05. The van der Waals surface area contributed by atoms with Crippen LogP contribution in [0, 0.1) is 0 Å². The standard InChI is InChI=1S/C18H19N3O2S/c22-17(15-10-5-11-23-15)21-20-14-9-4-8-13-16(14)24-18(19-13)12-6-2-1-3-7-12/h1-3,6-7,15H,4-5,8-11H2,(H,21,22)/b20-14-. The molecule has 1 aromatic heterocycles. The summed E-state index contributed by atoms with van der Waals surface area (Å²) in [5.74, 6) is -0.139. The summed E-state index contributed by atoms with van der Waals surface area (Å²) in [6.45, 7) is 0.661. The van der Waals surface area contributed by atoms with Gasteiger partial charge in [0.15, 0.2) is 0 Å². The third-order valence-electron chi connectivity index (χ3n) is 4.33. The highest BCUT2D eigenvalue weighted by Gasteiger charge is 2.25. The van der Waals surface area contributed by atoms with Crippen molar-refractivity contribution in [2.24, 2.45) is 5.10 Å². The van der Waals surface area contributed by atoms with Crippen molar-refractivity contribution in [3.05, 3.63) is 40.9 Å². The number of amides is 1. The van der Waals surface area contributed by atoms with Crippen molar-refractivity contribution in [3.8, 4) is 10.6 Å². The van der Waals surface area contributed by atoms with Gasteiger partial charge >= 0.3 is 0 Å². The largest absolute Gasteiger partial charge is 0.368 e. The second-order valence-corrected chi connectivity index (χ2v) is 7.05. The predicted molar refractivity (Wildman–Crippen MR) is 94.1 cm³/mol. The van der Waals surface area contributed by atoms with Crippen LogP contribution in [0.15, 0.2) is 35.4 Å². The minimum atomic E-state index is -0.348. The van der Waals surface area contributed by atoms with Gasteiger partial charge in [-0.3, -0.25) is 4.79 Å². The number of fused-ring (bicyclic) bond motifs is 1. The highest BCUT2D eigenvalue weighted by atomic mass is 32.1. The maximum atomic E-state index is 12.1. The van der Waals surface area contributed by atoms with Gasteiger partial charge in [-0.15, -0.1) is 11.3 Å². The predicted octanol–water partition coefficient (Wildman–Crippen LogP) is 3.15. The molecule has 124 valence electrons. The molecule has 2 aromatic rings. The molecule has 1 amide bonds. The SMILES string of the molecule is O=C(N/N=C1/CCCc2nc(-c3ccccc3)sc21)C1CCCO1. The van der Waals surface area contributed by atoms with E-state index in [1.807, 2.05) is 18.2 Å². The number of ether oxygens (including phenoxy) is 1. The average Bonchev–Trinajstić information content (AvgIpc) is 3.30. The zero-order chi connectivity index (χ0) is 16.4. The topological polar surface area (TPSA) is 63.6 Å². The zero-order valence-corrected chi connectivity index (χ0v) is 14.1. The molecule has 2 aliphatic rings. The summed E-state index contributed by atoms with van der Waals surface area (Å²) in [4.78, 5) is 18.0. The average molecular weight is 341 g/mol. The quantitative estimate of drug-likeness (QED) is 0.872. The van der Waals surface area contributed by atoms with Gasteiger partial charge < -0.3 is 4.74 Å². The van der Waals surface area contributed by atoms with E-state index in [9.17, 15) is 4.79 Å². The third-order valence-corrected chi connectivity index (χ3v) is 5.53. The number of rotatable bonds is 3. The Bertz CT molecular complexity index is 764. The molecule has 2 heterocycles. The Kier molecular flexibility index (Phi) is 4.40. The number of hydrogen-bond acceptors (Lipinski definition) is 5. The molecular formula is C18H19N3O2S. The first kappa shape index (κ1) is 15.5. The van der Waals surface area contributed by atoms with Gasteiger partial charge in [-0.25, -0.2) is 10.4 Å². The van der Waals surface area contributed by atoms with Crippen molar-refractivity contribution in [1.82, 2.24) is 10.4 Å². The number of aromatic nitrogens is 1. The molecule has 1 atom stereocenters. The van der Waals surface area contributed by atoms with Crippen LogP contribution in [0.4, 0.5) is 0 Å². The molecule has 0 radical (unpaired) electrons. The van der Waals surface area contributed by atoms with Gasteiger partial charge in [0.1, 0.15) is 11.1 Å². The second-order valence-electron chi connectivity index (χ2n) is 6.05. The molecule has 5 nitrogen and oxygen atoms in total. The van der Waals surface area contributed by atoms with E-state index in [4.69, 9.17) is 9.72 Å². The number of nitrogens with zero attached hydrogens (tertiary/aromatic N) is 2. The van der Waals surface area contributed by atoms with Crippen LogP contribution in [0.1, 0.15) is 36.3 Å². The van der Waals surface area contributed by atoms with E-state index in [2.05, 4.69) is 22.7 Å². The monoisotopic (exact) mass is 341 g/mol. The molecule has 0 saturated carbocycles. The molecule has 4 rings (SSSR count). The van der Waals surface area contributed by atoms with Crippen LogP contribution in [0.3, 0.4) is 0 Å². The van der Waals surface area contributed by atoms with Gasteiger partial charge in [-0.1, -0.05) is 30.3 Å².